The summed E-state index contributed by atoms with van der Waals surface area (Å²) in [4.78, 5) is 44.8. The number of nitrogens with zero attached hydrogens (tertiary/aromatic N) is 4. The van der Waals surface area contributed by atoms with E-state index in [2.05, 4.69) is 15.0 Å². The Hall–Kier alpha value is -5.32. The van der Waals surface area contributed by atoms with Gasteiger partial charge in [0.25, 0.3) is 0 Å². The Morgan fingerprint density at radius 3 is 2.24 bits per heavy atom. The Bertz CT molecular complexity index is 2450. The number of carboxylic acids is 1. The van der Waals surface area contributed by atoms with Crippen LogP contribution in [0, 0.1) is 12.7 Å². The number of pyridine rings is 3. The second-order valence-electron chi connectivity index (χ2n) is 10.6. The fourth-order valence-corrected chi connectivity index (χ4v) is 8.27. The Kier molecular flexibility index (Phi) is 10.3. The highest BCUT2D eigenvalue weighted by atomic mass is 35.5. The first-order valence-corrected chi connectivity index (χ1v) is 18.1. The molecule has 7 rings (SSSR count). The number of fused-ring (bicyclic) bond motifs is 3. The lowest BCUT2D eigenvalue weighted by Gasteiger charge is -2.07. The maximum absolute atomic E-state index is 13.9. The van der Waals surface area contributed by atoms with E-state index in [4.69, 9.17) is 16.3 Å². The van der Waals surface area contributed by atoms with E-state index in [1.165, 1.54) is 47.4 Å². The first kappa shape index (κ1) is 36.0. The topological polar surface area (TPSA) is 193 Å². The van der Waals surface area contributed by atoms with E-state index in [0.29, 0.717) is 45.5 Å². The number of carbonyl (C=O) groups is 3. The van der Waals surface area contributed by atoms with Gasteiger partial charge in [-0.1, -0.05) is 11.6 Å². The number of esters is 1. The van der Waals surface area contributed by atoms with Gasteiger partial charge in [-0.15, -0.1) is 0 Å². The van der Waals surface area contributed by atoms with Crippen LogP contribution in [0.1, 0.15) is 44.5 Å². The number of hydrogen-bond acceptors (Lipinski definition) is 11. The smallest absolute Gasteiger partial charge is 0.341 e. The lowest BCUT2D eigenvalue weighted by atomic mass is 9.98. The molecule has 0 aliphatic carbocycles. The largest absolute Gasteiger partial charge is 0.480 e. The molecule has 6 heterocycles. The lowest BCUT2D eigenvalue weighted by Crippen LogP contribution is -2.10. The monoisotopic (exact) mass is 740 g/mol. The van der Waals surface area contributed by atoms with E-state index in [1.807, 2.05) is 0 Å². The molecule has 2 aliphatic heterocycles. The molecule has 0 saturated heterocycles. The van der Waals surface area contributed by atoms with Gasteiger partial charge in [0.2, 0.25) is 19.7 Å². The van der Waals surface area contributed by atoms with Crippen molar-refractivity contribution >= 4 is 65.5 Å². The summed E-state index contributed by atoms with van der Waals surface area (Å²) < 4.78 is 67.4. The van der Waals surface area contributed by atoms with Crippen LogP contribution in [0.3, 0.4) is 0 Å². The van der Waals surface area contributed by atoms with Crippen molar-refractivity contribution in [1.29, 1.82) is 0 Å². The molecular formula is C33H26ClFN4O9S2. The van der Waals surface area contributed by atoms with Gasteiger partial charge >= 0.3 is 11.9 Å². The molecule has 1 aromatic carbocycles. The number of rotatable bonds is 5. The van der Waals surface area contributed by atoms with Gasteiger partial charge in [0, 0.05) is 57.3 Å². The molecule has 0 spiro atoms. The van der Waals surface area contributed by atoms with Crippen molar-refractivity contribution in [2.75, 3.05) is 12.4 Å². The summed E-state index contributed by atoms with van der Waals surface area (Å²) in [5.74, 6) is -2.76. The minimum atomic E-state index is -3.70. The Morgan fingerprint density at radius 2 is 1.60 bits per heavy atom. The second kappa shape index (κ2) is 14.3. The van der Waals surface area contributed by atoms with Gasteiger partial charge in [0.05, 0.1) is 17.7 Å². The summed E-state index contributed by atoms with van der Waals surface area (Å²) in [6, 6.07) is 13.5. The normalized spacial score (nSPS) is 14.7. The van der Waals surface area contributed by atoms with Crippen LogP contribution in [0.5, 0.6) is 0 Å². The molecule has 0 bridgehead atoms. The molecule has 1 N–H and O–H groups in total. The maximum Gasteiger partial charge on any atom is 0.341 e. The van der Waals surface area contributed by atoms with E-state index >= 15 is 0 Å². The molecule has 0 radical (unpaired) electrons. The fourth-order valence-electron chi connectivity index (χ4n) is 5.34. The van der Waals surface area contributed by atoms with Crippen LogP contribution in [0.2, 0.25) is 5.15 Å². The first-order valence-electron chi connectivity index (χ1n) is 14.6. The predicted molar refractivity (Wildman–Crippen MR) is 179 cm³/mol. The fraction of sp³-hybridized carbons (Fsp3) is 0.152. The highest BCUT2D eigenvalue weighted by molar-refractivity contribution is 7.94. The standard InChI is InChI=1S/C18H13FN2O4S.C8H8ClNO2.C7H5NO3S/c1-10-17(14-9-26(24,25)18-12(14)3-2-6-20-18)13-7-11(19)4-5-15(13)21(10)8-16(22)23;1-2-12-8(11)6-4-3-5-10-7(6)9;9-6-4-12(10,11)7-5(6)2-1-3-8-7/h2-7,9H,8H2,1H3,(H,22,23);3-5H,2H2,1H3;1-3H,4H2. The van der Waals surface area contributed by atoms with Gasteiger partial charge < -0.3 is 14.4 Å². The zero-order chi connectivity index (χ0) is 36.4. The molecule has 0 fully saturated rings. The van der Waals surface area contributed by atoms with Crippen molar-refractivity contribution in [3.05, 3.63) is 118 Å². The lowest BCUT2D eigenvalue weighted by molar-refractivity contribution is -0.137. The predicted octanol–water partition coefficient (Wildman–Crippen LogP) is 4.71. The van der Waals surface area contributed by atoms with Gasteiger partial charge in [-0.3, -0.25) is 9.59 Å². The molecule has 0 saturated carbocycles. The van der Waals surface area contributed by atoms with Crippen LogP contribution >= 0.6 is 11.6 Å². The van der Waals surface area contributed by atoms with Gasteiger partial charge in [0.1, 0.15) is 23.3 Å². The number of halogens is 2. The van der Waals surface area contributed by atoms with E-state index in [1.54, 1.807) is 44.2 Å². The van der Waals surface area contributed by atoms with E-state index in [-0.39, 0.29) is 33.1 Å². The minimum absolute atomic E-state index is 0.0510. The zero-order valence-corrected chi connectivity index (χ0v) is 28.6. The highest BCUT2D eigenvalue weighted by Crippen LogP contribution is 2.41. The molecular weight excluding hydrogens is 715 g/mol. The molecule has 13 nitrogen and oxygen atoms in total. The van der Waals surface area contributed by atoms with Gasteiger partial charge in [-0.2, -0.15) is 0 Å². The zero-order valence-electron chi connectivity index (χ0n) is 26.2. The number of carboxylic acid groups (broad SMARTS) is 1. The Morgan fingerprint density at radius 1 is 0.960 bits per heavy atom. The molecule has 258 valence electrons. The molecule has 4 aromatic heterocycles. The van der Waals surface area contributed by atoms with Crippen molar-refractivity contribution < 1.29 is 45.5 Å². The number of hydrogen-bond donors (Lipinski definition) is 1. The van der Waals surface area contributed by atoms with Crippen LogP contribution in [0.25, 0.3) is 16.5 Å². The van der Waals surface area contributed by atoms with E-state index in [0.717, 1.165) is 5.41 Å². The number of ether oxygens (including phenoxy) is 1. The summed E-state index contributed by atoms with van der Waals surface area (Å²) in [6.45, 7) is 3.46. The SMILES string of the molecule is CCOC(=O)c1cccnc1Cl.Cc1c(C2=CS(=O)(=O)c3ncccc32)c2cc(F)ccc2n1CC(=O)O.O=C1CS(=O)(=O)c2ncccc21. The van der Waals surface area contributed by atoms with Crippen LogP contribution in [0.15, 0.2) is 88.6 Å². The molecule has 17 heteroatoms. The quantitative estimate of drug-likeness (QED) is 0.193. The summed E-state index contributed by atoms with van der Waals surface area (Å²) in [6.07, 6.45) is 4.29. The Labute approximate surface area is 289 Å². The average Bonchev–Trinajstić information content (AvgIpc) is 3.59. The van der Waals surface area contributed by atoms with Gasteiger partial charge in [-0.25, -0.2) is 41.0 Å². The summed E-state index contributed by atoms with van der Waals surface area (Å²) in [5.41, 5.74) is 2.91. The van der Waals surface area contributed by atoms with Crippen molar-refractivity contribution in [3.63, 3.8) is 0 Å². The van der Waals surface area contributed by atoms with Crippen molar-refractivity contribution in [2.24, 2.45) is 0 Å². The number of ketones is 1. The van der Waals surface area contributed by atoms with E-state index in [9.17, 15) is 40.7 Å². The number of aromatic nitrogens is 4. The van der Waals surface area contributed by atoms with Crippen molar-refractivity contribution in [1.82, 2.24) is 19.5 Å². The van der Waals surface area contributed by atoms with E-state index < -0.39 is 43.2 Å². The highest BCUT2D eigenvalue weighted by Gasteiger charge is 2.34. The van der Waals surface area contributed by atoms with Gasteiger partial charge in [0.15, 0.2) is 15.8 Å². The third-order valence-electron chi connectivity index (χ3n) is 7.39. The van der Waals surface area contributed by atoms with Crippen molar-refractivity contribution in [2.45, 2.75) is 30.4 Å². The third-order valence-corrected chi connectivity index (χ3v) is 10.7. The second-order valence-corrected chi connectivity index (χ2v) is 14.6. The summed E-state index contributed by atoms with van der Waals surface area (Å²) in [5, 5.41) is 10.8. The molecule has 5 aromatic rings. The van der Waals surface area contributed by atoms with Crippen LogP contribution in [0.4, 0.5) is 4.39 Å². The third kappa shape index (κ3) is 7.17. The van der Waals surface area contributed by atoms with Gasteiger partial charge in [-0.05, 0) is 68.4 Å². The molecule has 0 amide bonds. The van der Waals surface area contributed by atoms with Crippen LogP contribution in [-0.2, 0) is 35.8 Å². The number of benzene rings is 1. The number of sulfone groups is 2. The first-order chi connectivity index (χ1) is 23.7. The molecule has 2 aliphatic rings. The van der Waals surface area contributed by atoms with Crippen LogP contribution < -0.4 is 0 Å². The number of Topliss-reactive ketones (excluding diaryl/α,β-unsaturated/α-hetero) is 1. The van der Waals surface area contributed by atoms with Crippen LogP contribution in [-0.4, -0.2) is 71.5 Å². The summed E-state index contributed by atoms with van der Waals surface area (Å²) in [7, 11) is -7.12. The number of aliphatic carboxylic acids is 1. The molecule has 50 heavy (non-hydrogen) atoms. The molecule has 0 atom stereocenters. The average molecular weight is 741 g/mol. The Balaban J connectivity index is 0.000000168. The maximum atomic E-state index is 13.9. The minimum Gasteiger partial charge on any atom is -0.480 e. The van der Waals surface area contributed by atoms with Crippen molar-refractivity contribution in [3.8, 4) is 0 Å². The summed E-state index contributed by atoms with van der Waals surface area (Å²) >= 11 is 5.64. The molecule has 0 unspecified atom stereocenters. The number of carbonyl (C=O) groups excluding carboxylic acids is 2.